The van der Waals surface area contributed by atoms with Crippen molar-refractivity contribution in [2.24, 2.45) is 0 Å². The number of hydrogen-bond donors (Lipinski definition) is 0. The van der Waals surface area contributed by atoms with Crippen LogP contribution in [-0.4, -0.2) is 15.9 Å². The summed E-state index contributed by atoms with van der Waals surface area (Å²) in [6, 6.07) is 24.2. The number of ether oxygens (including phenoxy) is 1. The van der Waals surface area contributed by atoms with Crippen LogP contribution in [-0.2, 0) is 6.61 Å². The maximum Gasteiger partial charge on any atom is 0.269 e. The zero-order chi connectivity index (χ0) is 22.3. The molecule has 0 atom stereocenters. The number of allylic oxidation sites excluding steroid dienone is 1. The summed E-state index contributed by atoms with van der Waals surface area (Å²) in [7, 11) is 0. The average Bonchev–Trinajstić information content (AvgIpc) is 3.31. The Hall–Kier alpha value is -4.52. The van der Waals surface area contributed by atoms with Crippen LogP contribution in [0.25, 0.3) is 17.3 Å². The van der Waals surface area contributed by atoms with Crippen LogP contribution in [0.4, 0.5) is 5.69 Å². The summed E-state index contributed by atoms with van der Waals surface area (Å²) in [6.07, 6.45) is 3.32. The van der Waals surface area contributed by atoms with Crippen molar-refractivity contribution in [3.8, 4) is 17.0 Å². The number of benzene rings is 3. The highest BCUT2D eigenvalue weighted by Gasteiger charge is 2.10. The zero-order valence-electron chi connectivity index (χ0n) is 16.9. The van der Waals surface area contributed by atoms with E-state index in [0.29, 0.717) is 28.3 Å². The molecule has 4 aromatic rings. The van der Waals surface area contributed by atoms with Gasteiger partial charge in [-0.05, 0) is 48.0 Å². The van der Waals surface area contributed by atoms with Crippen molar-refractivity contribution in [3.63, 3.8) is 0 Å². The summed E-state index contributed by atoms with van der Waals surface area (Å²) in [5.74, 6) is 0.995. The van der Waals surface area contributed by atoms with Crippen LogP contribution in [0.3, 0.4) is 0 Å². The Labute approximate surface area is 183 Å². The van der Waals surface area contributed by atoms with Gasteiger partial charge in [0, 0.05) is 29.3 Å². The van der Waals surface area contributed by atoms with E-state index in [1.807, 2.05) is 30.3 Å². The van der Waals surface area contributed by atoms with Crippen molar-refractivity contribution >= 4 is 17.5 Å². The molecule has 0 radical (unpaired) electrons. The SMILES string of the molecule is O=C(C=Cc1ccccc1)c1ccc(OCc2cc(-c3ccc([N+](=O)[O-])cc3)no2)cc1. The summed E-state index contributed by atoms with van der Waals surface area (Å²) in [4.78, 5) is 22.6. The maximum atomic E-state index is 12.3. The summed E-state index contributed by atoms with van der Waals surface area (Å²) in [5, 5.41) is 14.7. The number of nitro groups is 1. The monoisotopic (exact) mass is 426 g/mol. The first-order valence-electron chi connectivity index (χ1n) is 9.79. The number of nitro benzene ring substituents is 1. The molecule has 0 bridgehead atoms. The molecule has 1 aromatic heterocycles. The van der Waals surface area contributed by atoms with Crippen molar-refractivity contribution in [2.75, 3.05) is 0 Å². The molecule has 32 heavy (non-hydrogen) atoms. The minimum atomic E-state index is -0.454. The van der Waals surface area contributed by atoms with E-state index in [1.54, 1.807) is 54.6 Å². The number of carbonyl (C=O) groups excluding carboxylic acids is 1. The molecule has 3 aromatic carbocycles. The largest absolute Gasteiger partial charge is 0.486 e. The number of hydrogen-bond acceptors (Lipinski definition) is 6. The Morgan fingerprint density at radius 3 is 2.41 bits per heavy atom. The van der Waals surface area contributed by atoms with Crippen molar-refractivity contribution in [1.82, 2.24) is 5.16 Å². The minimum absolute atomic E-state index is 0.0123. The van der Waals surface area contributed by atoms with Gasteiger partial charge in [-0.25, -0.2) is 0 Å². The molecule has 0 aliphatic heterocycles. The second kappa shape index (κ2) is 9.53. The van der Waals surface area contributed by atoms with E-state index < -0.39 is 4.92 Å². The number of nitrogens with zero attached hydrogens (tertiary/aromatic N) is 2. The van der Waals surface area contributed by atoms with Gasteiger partial charge >= 0.3 is 0 Å². The number of ketones is 1. The van der Waals surface area contributed by atoms with Crippen molar-refractivity contribution in [3.05, 3.63) is 118 Å². The van der Waals surface area contributed by atoms with E-state index in [2.05, 4.69) is 5.16 Å². The Morgan fingerprint density at radius 1 is 1.00 bits per heavy atom. The molecule has 0 spiro atoms. The van der Waals surface area contributed by atoms with Gasteiger partial charge in [0.1, 0.15) is 18.1 Å². The molecule has 158 valence electrons. The van der Waals surface area contributed by atoms with Crippen molar-refractivity contribution in [1.29, 1.82) is 0 Å². The van der Waals surface area contributed by atoms with Crippen molar-refractivity contribution in [2.45, 2.75) is 6.61 Å². The molecule has 0 amide bonds. The third-order valence-corrected chi connectivity index (χ3v) is 4.68. The molecule has 4 rings (SSSR count). The Morgan fingerprint density at radius 2 is 1.72 bits per heavy atom. The van der Waals surface area contributed by atoms with Gasteiger partial charge in [0.25, 0.3) is 5.69 Å². The fourth-order valence-corrected chi connectivity index (χ4v) is 2.97. The van der Waals surface area contributed by atoms with Gasteiger partial charge in [-0.15, -0.1) is 0 Å². The first-order valence-corrected chi connectivity index (χ1v) is 9.79. The molecular formula is C25H18N2O5. The smallest absolute Gasteiger partial charge is 0.269 e. The molecule has 7 nitrogen and oxygen atoms in total. The first kappa shape index (κ1) is 20.7. The summed E-state index contributed by atoms with van der Waals surface area (Å²) >= 11 is 0. The van der Waals surface area contributed by atoms with E-state index in [0.717, 1.165) is 5.56 Å². The van der Waals surface area contributed by atoms with E-state index in [4.69, 9.17) is 9.26 Å². The highest BCUT2D eigenvalue weighted by Crippen LogP contribution is 2.23. The maximum absolute atomic E-state index is 12.3. The van der Waals surface area contributed by atoms with Gasteiger partial charge in [0.15, 0.2) is 11.5 Å². The lowest BCUT2D eigenvalue weighted by Crippen LogP contribution is -1.96. The summed E-state index contributed by atoms with van der Waals surface area (Å²) in [5.41, 5.74) is 2.80. The van der Waals surface area contributed by atoms with E-state index in [1.165, 1.54) is 12.1 Å². The van der Waals surface area contributed by atoms with Gasteiger partial charge in [0.05, 0.1) is 4.92 Å². The number of non-ortho nitro benzene ring substituents is 1. The molecule has 0 saturated carbocycles. The Bertz CT molecular complexity index is 1240. The van der Waals surface area contributed by atoms with Gasteiger partial charge in [-0.2, -0.15) is 0 Å². The van der Waals surface area contributed by atoms with E-state index in [9.17, 15) is 14.9 Å². The Kier molecular flexibility index (Phi) is 6.17. The first-order chi connectivity index (χ1) is 15.6. The van der Waals surface area contributed by atoms with Crippen molar-refractivity contribution < 1.29 is 19.0 Å². The number of aromatic nitrogens is 1. The van der Waals surface area contributed by atoms with Gasteiger partial charge in [-0.1, -0.05) is 41.6 Å². The predicted molar refractivity (Wildman–Crippen MR) is 119 cm³/mol. The van der Waals surface area contributed by atoms with Gasteiger partial charge in [0.2, 0.25) is 0 Å². The summed E-state index contributed by atoms with van der Waals surface area (Å²) < 4.78 is 11.0. The minimum Gasteiger partial charge on any atom is -0.486 e. The molecule has 0 N–H and O–H groups in total. The van der Waals surface area contributed by atoms with Gasteiger partial charge < -0.3 is 9.26 Å². The lowest BCUT2D eigenvalue weighted by Gasteiger charge is -2.04. The van der Waals surface area contributed by atoms with Crippen LogP contribution >= 0.6 is 0 Å². The molecule has 0 fully saturated rings. The normalized spacial score (nSPS) is 10.9. The topological polar surface area (TPSA) is 95.5 Å². The Balaban J connectivity index is 1.34. The van der Waals surface area contributed by atoms with Gasteiger partial charge in [-0.3, -0.25) is 14.9 Å². The van der Waals surface area contributed by atoms with Crippen LogP contribution in [0.1, 0.15) is 21.7 Å². The molecule has 1 heterocycles. The number of rotatable bonds is 8. The second-order valence-electron chi connectivity index (χ2n) is 6.90. The lowest BCUT2D eigenvalue weighted by atomic mass is 10.1. The highest BCUT2D eigenvalue weighted by molar-refractivity contribution is 6.06. The average molecular weight is 426 g/mol. The number of carbonyl (C=O) groups is 1. The van der Waals surface area contributed by atoms with Crippen LogP contribution in [0.15, 0.2) is 95.5 Å². The van der Waals surface area contributed by atoms with E-state index in [-0.39, 0.29) is 18.1 Å². The lowest BCUT2D eigenvalue weighted by molar-refractivity contribution is -0.384. The third kappa shape index (κ3) is 5.14. The molecule has 0 unspecified atom stereocenters. The fraction of sp³-hybridized carbons (Fsp3) is 0.0400. The third-order valence-electron chi connectivity index (χ3n) is 4.68. The molecular weight excluding hydrogens is 408 g/mol. The molecule has 7 heteroatoms. The quantitative estimate of drug-likeness (QED) is 0.155. The van der Waals surface area contributed by atoms with Crippen LogP contribution in [0.5, 0.6) is 5.75 Å². The molecule has 0 saturated heterocycles. The second-order valence-corrected chi connectivity index (χ2v) is 6.90. The van der Waals surface area contributed by atoms with Crippen LogP contribution in [0.2, 0.25) is 0 Å². The predicted octanol–water partition coefficient (Wildman–Crippen LogP) is 5.72. The van der Waals surface area contributed by atoms with Crippen LogP contribution < -0.4 is 4.74 Å². The van der Waals surface area contributed by atoms with E-state index >= 15 is 0 Å². The standard InChI is InChI=1S/C25H18N2O5/c28-25(15-6-18-4-2-1-3-5-18)20-9-13-22(14-10-20)31-17-23-16-24(26-32-23)19-7-11-21(12-8-19)27(29)30/h1-16H,17H2. The summed E-state index contributed by atoms with van der Waals surface area (Å²) in [6.45, 7) is 0.154. The molecule has 0 aliphatic carbocycles. The molecule has 0 aliphatic rings. The fourth-order valence-electron chi connectivity index (χ4n) is 2.97. The highest BCUT2D eigenvalue weighted by atomic mass is 16.6. The van der Waals surface area contributed by atoms with Crippen LogP contribution in [0, 0.1) is 10.1 Å². The zero-order valence-corrected chi connectivity index (χ0v) is 16.9.